The lowest BCUT2D eigenvalue weighted by Crippen LogP contribution is -2.36. The second-order valence-corrected chi connectivity index (χ2v) is 6.44. The highest BCUT2D eigenvalue weighted by Crippen LogP contribution is 2.26. The molecule has 0 bridgehead atoms. The maximum Gasteiger partial charge on any atom is 0.246 e. The molecule has 1 saturated heterocycles. The van der Waals surface area contributed by atoms with E-state index in [2.05, 4.69) is 10.6 Å². The lowest BCUT2D eigenvalue weighted by Gasteiger charge is -2.23. The van der Waals surface area contributed by atoms with E-state index in [0.29, 0.717) is 0 Å². The quantitative estimate of drug-likeness (QED) is 0.878. The predicted octanol–water partition coefficient (Wildman–Crippen LogP) is 2.35. The van der Waals surface area contributed by atoms with E-state index in [1.807, 2.05) is 19.1 Å². The molecule has 2 N–H and O–H groups in total. The van der Waals surface area contributed by atoms with E-state index in [0.717, 1.165) is 35.1 Å². The number of thiophene rings is 1. The van der Waals surface area contributed by atoms with Gasteiger partial charge in [0.25, 0.3) is 0 Å². The molecule has 4 nitrogen and oxygen atoms in total. The van der Waals surface area contributed by atoms with Gasteiger partial charge in [-0.2, -0.15) is 0 Å². The first-order valence-electron chi connectivity index (χ1n) is 6.52. The first-order chi connectivity index (χ1) is 9.15. The smallest absolute Gasteiger partial charge is 0.246 e. The van der Waals surface area contributed by atoms with Crippen molar-refractivity contribution in [1.29, 1.82) is 0 Å². The van der Waals surface area contributed by atoms with Gasteiger partial charge >= 0.3 is 0 Å². The van der Waals surface area contributed by atoms with Crippen molar-refractivity contribution in [2.24, 2.45) is 0 Å². The minimum Gasteiger partial charge on any atom is -0.368 e. The number of hydrogen-bond donors (Lipinski definition) is 2. The fourth-order valence-corrected chi connectivity index (χ4v) is 3.13. The number of carbonyl (C=O) groups is 1. The summed E-state index contributed by atoms with van der Waals surface area (Å²) in [7, 11) is 0. The third-order valence-electron chi connectivity index (χ3n) is 3.13. The van der Waals surface area contributed by atoms with Crippen LogP contribution in [0.1, 0.15) is 30.7 Å². The molecule has 1 aliphatic rings. The van der Waals surface area contributed by atoms with Gasteiger partial charge in [0.15, 0.2) is 0 Å². The summed E-state index contributed by atoms with van der Waals surface area (Å²) >= 11 is 7.36. The van der Waals surface area contributed by atoms with Crippen LogP contribution in [0.15, 0.2) is 12.1 Å². The van der Waals surface area contributed by atoms with Gasteiger partial charge in [0.1, 0.15) is 6.61 Å². The zero-order valence-corrected chi connectivity index (χ0v) is 12.5. The van der Waals surface area contributed by atoms with E-state index < -0.39 is 0 Å². The summed E-state index contributed by atoms with van der Waals surface area (Å²) in [6, 6.07) is 3.75. The van der Waals surface area contributed by atoms with E-state index in [4.69, 9.17) is 16.3 Å². The van der Waals surface area contributed by atoms with Gasteiger partial charge in [-0.05, 0) is 45.0 Å². The molecule has 1 unspecified atom stereocenters. The second kappa shape index (κ2) is 7.24. The standard InChI is InChI=1S/C13H19ClN2O2S/c1-9(11-2-3-12(14)19-11)16-13(17)8-18-10-4-6-15-7-5-10/h2-3,9-10,15H,4-8H2,1H3,(H,16,17). The van der Waals surface area contributed by atoms with Crippen LogP contribution in [-0.4, -0.2) is 31.7 Å². The molecular weight excluding hydrogens is 284 g/mol. The minimum atomic E-state index is -0.0736. The summed E-state index contributed by atoms with van der Waals surface area (Å²) < 4.78 is 6.35. The number of carbonyl (C=O) groups excluding carboxylic acids is 1. The van der Waals surface area contributed by atoms with Gasteiger partial charge in [-0.25, -0.2) is 0 Å². The Morgan fingerprint density at radius 1 is 1.58 bits per heavy atom. The number of nitrogens with one attached hydrogen (secondary N) is 2. The number of hydrogen-bond acceptors (Lipinski definition) is 4. The van der Waals surface area contributed by atoms with E-state index in [-0.39, 0.29) is 24.7 Å². The van der Waals surface area contributed by atoms with Crippen LogP contribution in [0.3, 0.4) is 0 Å². The molecule has 2 rings (SSSR count). The Labute approximate surface area is 122 Å². The maximum atomic E-state index is 11.8. The summed E-state index contributed by atoms with van der Waals surface area (Å²) in [4.78, 5) is 12.9. The van der Waals surface area contributed by atoms with E-state index in [9.17, 15) is 4.79 Å². The highest BCUT2D eigenvalue weighted by Gasteiger charge is 2.16. The van der Waals surface area contributed by atoms with Gasteiger partial charge in [0, 0.05) is 4.88 Å². The number of rotatable bonds is 5. The van der Waals surface area contributed by atoms with Crippen molar-refractivity contribution < 1.29 is 9.53 Å². The van der Waals surface area contributed by atoms with Crippen molar-refractivity contribution >= 4 is 28.8 Å². The van der Waals surface area contributed by atoms with Gasteiger partial charge in [-0.15, -0.1) is 11.3 Å². The Kier molecular flexibility index (Phi) is 5.63. The fourth-order valence-electron chi connectivity index (χ4n) is 2.07. The lowest BCUT2D eigenvalue weighted by molar-refractivity contribution is -0.128. The molecule has 0 spiro atoms. The van der Waals surface area contributed by atoms with E-state index in [1.54, 1.807) is 0 Å². The molecule has 106 valence electrons. The van der Waals surface area contributed by atoms with Crippen LogP contribution in [0.25, 0.3) is 0 Å². The molecule has 0 aromatic carbocycles. The van der Waals surface area contributed by atoms with Crippen LogP contribution in [-0.2, 0) is 9.53 Å². The second-order valence-electron chi connectivity index (χ2n) is 4.69. The highest BCUT2D eigenvalue weighted by atomic mass is 35.5. The van der Waals surface area contributed by atoms with Gasteiger partial charge in [-0.3, -0.25) is 4.79 Å². The Balaban J connectivity index is 1.71. The lowest BCUT2D eigenvalue weighted by atomic mass is 10.1. The molecular formula is C13H19ClN2O2S. The largest absolute Gasteiger partial charge is 0.368 e. The summed E-state index contributed by atoms with van der Waals surface area (Å²) in [6.07, 6.45) is 2.16. The van der Waals surface area contributed by atoms with Crippen LogP contribution >= 0.6 is 22.9 Å². The monoisotopic (exact) mass is 302 g/mol. The van der Waals surface area contributed by atoms with Crippen molar-refractivity contribution in [2.45, 2.75) is 31.9 Å². The van der Waals surface area contributed by atoms with Crippen molar-refractivity contribution in [3.8, 4) is 0 Å². The molecule has 19 heavy (non-hydrogen) atoms. The number of ether oxygens (including phenoxy) is 1. The molecule has 6 heteroatoms. The average Bonchev–Trinajstić information content (AvgIpc) is 2.84. The Morgan fingerprint density at radius 3 is 2.95 bits per heavy atom. The molecule has 1 atom stereocenters. The molecule has 1 fully saturated rings. The Hall–Kier alpha value is -0.620. The van der Waals surface area contributed by atoms with Crippen molar-refractivity contribution in [3.63, 3.8) is 0 Å². The molecule has 1 aliphatic heterocycles. The van der Waals surface area contributed by atoms with Crippen LogP contribution in [0, 0.1) is 0 Å². The number of amides is 1. The van der Waals surface area contributed by atoms with Crippen LogP contribution < -0.4 is 10.6 Å². The topological polar surface area (TPSA) is 50.4 Å². The molecule has 2 heterocycles. The normalized spacial score (nSPS) is 18.2. The molecule has 0 aliphatic carbocycles. The minimum absolute atomic E-state index is 0.0263. The number of halogens is 1. The third-order valence-corrected chi connectivity index (χ3v) is 4.55. The molecule has 1 amide bonds. The van der Waals surface area contributed by atoms with Crippen molar-refractivity contribution in [1.82, 2.24) is 10.6 Å². The Bertz CT molecular complexity index is 419. The van der Waals surface area contributed by atoms with Crippen molar-refractivity contribution in [2.75, 3.05) is 19.7 Å². The van der Waals surface area contributed by atoms with Crippen LogP contribution in [0.2, 0.25) is 4.34 Å². The summed E-state index contributed by atoms with van der Waals surface area (Å²) in [6.45, 7) is 4.02. The molecule has 1 aromatic heterocycles. The zero-order chi connectivity index (χ0) is 13.7. The number of piperidine rings is 1. The van der Waals surface area contributed by atoms with Gasteiger partial charge in [-0.1, -0.05) is 11.6 Å². The van der Waals surface area contributed by atoms with Gasteiger partial charge < -0.3 is 15.4 Å². The van der Waals surface area contributed by atoms with Crippen molar-refractivity contribution in [3.05, 3.63) is 21.3 Å². The predicted molar refractivity (Wildman–Crippen MR) is 77.7 cm³/mol. The van der Waals surface area contributed by atoms with Crippen LogP contribution in [0.5, 0.6) is 0 Å². The molecule has 1 aromatic rings. The summed E-state index contributed by atoms with van der Waals surface area (Å²) in [5.41, 5.74) is 0. The van der Waals surface area contributed by atoms with E-state index in [1.165, 1.54) is 11.3 Å². The summed E-state index contributed by atoms with van der Waals surface area (Å²) in [5, 5.41) is 6.19. The fraction of sp³-hybridized carbons (Fsp3) is 0.615. The summed E-state index contributed by atoms with van der Waals surface area (Å²) in [5.74, 6) is -0.0736. The highest BCUT2D eigenvalue weighted by molar-refractivity contribution is 7.16. The average molecular weight is 303 g/mol. The first-order valence-corrected chi connectivity index (χ1v) is 7.71. The SMILES string of the molecule is CC(NC(=O)COC1CCNCC1)c1ccc(Cl)s1. The van der Waals surface area contributed by atoms with Gasteiger partial charge in [0.05, 0.1) is 16.5 Å². The first kappa shape index (κ1) is 14.8. The molecule has 0 radical (unpaired) electrons. The Morgan fingerprint density at radius 2 is 2.32 bits per heavy atom. The zero-order valence-electron chi connectivity index (χ0n) is 10.9. The van der Waals surface area contributed by atoms with Gasteiger partial charge in [0.2, 0.25) is 5.91 Å². The molecule has 0 saturated carbocycles. The van der Waals surface area contributed by atoms with E-state index >= 15 is 0 Å². The van der Waals surface area contributed by atoms with Crippen LogP contribution in [0.4, 0.5) is 0 Å². The third kappa shape index (κ3) is 4.76. The maximum absolute atomic E-state index is 11.8.